The Morgan fingerprint density at radius 3 is 2.35 bits per heavy atom. The lowest BCUT2D eigenvalue weighted by molar-refractivity contribution is 0.0179. The molecule has 0 N–H and O–H groups in total. The van der Waals surface area contributed by atoms with E-state index >= 15 is 0 Å². The Hall–Kier alpha value is -1.13. The van der Waals surface area contributed by atoms with E-state index in [1.807, 2.05) is 0 Å². The zero-order valence-corrected chi connectivity index (χ0v) is 13.0. The summed E-state index contributed by atoms with van der Waals surface area (Å²) < 4.78 is 21.8. The van der Waals surface area contributed by atoms with Gasteiger partial charge in [-0.3, -0.25) is 0 Å². The minimum Gasteiger partial charge on any atom is -0.490 e. The molecule has 0 heterocycles. The fraction of sp³-hybridized carbons (Fsp3) is 0.500. The minimum atomic E-state index is 0.392. The lowest BCUT2D eigenvalue weighted by atomic mass is 10.2. The van der Waals surface area contributed by atoms with Crippen LogP contribution in [-0.4, -0.2) is 46.8 Å². The molecule has 0 aliphatic carbocycles. The summed E-state index contributed by atoms with van der Waals surface area (Å²) in [5.41, 5.74) is 0.510. The molecule has 0 spiro atoms. The molecule has 0 aliphatic rings. The molecule has 5 nitrogen and oxygen atoms in total. The Labute approximate surface area is 127 Å². The summed E-state index contributed by atoms with van der Waals surface area (Å²) >= 11 is 3.34. The van der Waals surface area contributed by atoms with Crippen molar-refractivity contribution < 1.29 is 18.9 Å². The molecule has 0 unspecified atom stereocenters. The fourth-order valence-corrected chi connectivity index (χ4v) is 1.72. The second-order valence-electron chi connectivity index (χ2n) is 3.82. The van der Waals surface area contributed by atoms with E-state index in [9.17, 15) is 0 Å². The Kier molecular flexibility index (Phi) is 9.00. The number of ether oxygens (including phenoxy) is 4. The van der Waals surface area contributed by atoms with Crippen molar-refractivity contribution in [3.63, 3.8) is 0 Å². The lowest BCUT2D eigenvalue weighted by Gasteiger charge is -2.09. The van der Waals surface area contributed by atoms with Gasteiger partial charge in [-0.05, 0) is 18.2 Å². The number of rotatable bonds is 10. The third-order valence-electron chi connectivity index (χ3n) is 2.35. The number of nitriles is 1. The van der Waals surface area contributed by atoms with Crippen LogP contribution in [0.25, 0.3) is 0 Å². The summed E-state index contributed by atoms with van der Waals surface area (Å²) in [5, 5.41) is 8.95. The highest BCUT2D eigenvalue weighted by molar-refractivity contribution is 9.10. The maximum absolute atomic E-state index is 8.95. The van der Waals surface area contributed by atoms with Gasteiger partial charge in [0.2, 0.25) is 0 Å². The van der Waals surface area contributed by atoms with Crippen LogP contribution in [0.1, 0.15) is 5.56 Å². The van der Waals surface area contributed by atoms with Crippen LogP contribution >= 0.6 is 15.9 Å². The molecule has 0 saturated carbocycles. The fourth-order valence-electron chi connectivity index (χ4n) is 1.38. The summed E-state index contributed by atoms with van der Waals surface area (Å²) in [4.78, 5) is 0. The highest BCUT2D eigenvalue weighted by atomic mass is 79.9. The van der Waals surface area contributed by atoms with Crippen molar-refractivity contribution in [2.45, 2.75) is 0 Å². The number of benzene rings is 1. The van der Waals surface area contributed by atoms with Crippen molar-refractivity contribution in [2.24, 2.45) is 0 Å². The summed E-state index contributed by atoms with van der Waals surface area (Å²) in [7, 11) is 1.63. The Bertz CT molecular complexity index is 434. The van der Waals surface area contributed by atoms with Gasteiger partial charge in [0.15, 0.2) is 0 Å². The number of methoxy groups -OCH3 is 1. The highest BCUT2D eigenvalue weighted by Crippen LogP contribution is 2.22. The first-order valence-corrected chi connectivity index (χ1v) is 7.04. The molecule has 6 heteroatoms. The second-order valence-corrected chi connectivity index (χ2v) is 4.73. The van der Waals surface area contributed by atoms with Gasteiger partial charge in [0, 0.05) is 11.6 Å². The van der Waals surface area contributed by atoms with Gasteiger partial charge in [0.05, 0.1) is 38.6 Å². The smallest absolute Gasteiger partial charge is 0.138 e. The SMILES string of the molecule is COCCOCCOCCOc1cc(Br)ccc1C#N. The zero-order valence-electron chi connectivity index (χ0n) is 11.4. The quantitative estimate of drug-likeness (QED) is 0.610. The molecular weight excluding hydrogens is 326 g/mol. The van der Waals surface area contributed by atoms with Crippen LogP contribution in [0.5, 0.6) is 5.75 Å². The number of hydrogen-bond donors (Lipinski definition) is 0. The molecule has 1 aromatic carbocycles. The molecule has 0 fully saturated rings. The van der Waals surface area contributed by atoms with Crippen molar-refractivity contribution in [3.8, 4) is 11.8 Å². The first kappa shape index (κ1) is 16.9. The van der Waals surface area contributed by atoms with E-state index in [2.05, 4.69) is 22.0 Å². The summed E-state index contributed by atoms with van der Waals surface area (Å²) in [6, 6.07) is 7.37. The average Bonchev–Trinajstić information content (AvgIpc) is 2.46. The molecule has 110 valence electrons. The minimum absolute atomic E-state index is 0.392. The first-order valence-electron chi connectivity index (χ1n) is 6.25. The van der Waals surface area contributed by atoms with Crippen LogP contribution in [0.4, 0.5) is 0 Å². The summed E-state index contributed by atoms with van der Waals surface area (Å²) in [6.45, 7) is 3.04. The molecule has 0 bridgehead atoms. The van der Waals surface area contributed by atoms with Gasteiger partial charge in [-0.1, -0.05) is 15.9 Å². The van der Waals surface area contributed by atoms with Crippen LogP contribution < -0.4 is 4.74 Å². The molecule has 0 amide bonds. The topological polar surface area (TPSA) is 60.7 Å². The number of nitrogens with zero attached hydrogens (tertiary/aromatic N) is 1. The van der Waals surface area contributed by atoms with Gasteiger partial charge in [0.1, 0.15) is 18.4 Å². The van der Waals surface area contributed by atoms with Crippen molar-refractivity contribution in [3.05, 3.63) is 28.2 Å². The van der Waals surface area contributed by atoms with E-state index in [1.54, 1.807) is 25.3 Å². The lowest BCUT2D eigenvalue weighted by Crippen LogP contribution is -2.12. The molecule has 0 atom stereocenters. The van der Waals surface area contributed by atoms with E-state index in [4.69, 9.17) is 24.2 Å². The maximum atomic E-state index is 8.95. The molecule has 1 rings (SSSR count). The van der Waals surface area contributed by atoms with Gasteiger partial charge in [-0.2, -0.15) is 5.26 Å². The molecule has 0 saturated heterocycles. The monoisotopic (exact) mass is 343 g/mol. The maximum Gasteiger partial charge on any atom is 0.138 e. The van der Waals surface area contributed by atoms with Crippen molar-refractivity contribution in [1.29, 1.82) is 5.26 Å². The summed E-state index contributed by atoms with van der Waals surface area (Å²) in [5.74, 6) is 0.557. The molecule has 0 aliphatic heterocycles. The molecule has 20 heavy (non-hydrogen) atoms. The Balaban J connectivity index is 2.12. The molecule has 1 aromatic rings. The molecule has 0 aromatic heterocycles. The Morgan fingerprint density at radius 1 is 1.05 bits per heavy atom. The van der Waals surface area contributed by atoms with Crippen LogP contribution in [0.2, 0.25) is 0 Å². The van der Waals surface area contributed by atoms with Crippen molar-refractivity contribution in [1.82, 2.24) is 0 Å². The van der Waals surface area contributed by atoms with Gasteiger partial charge in [-0.25, -0.2) is 0 Å². The normalized spacial score (nSPS) is 10.2. The van der Waals surface area contributed by atoms with E-state index in [-0.39, 0.29) is 0 Å². The first-order chi connectivity index (χ1) is 9.77. The second kappa shape index (κ2) is 10.6. The summed E-state index contributed by atoms with van der Waals surface area (Å²) in [6.07, 6.45) is 0. The predicted molar refractivity (Wildman–Crippen MR) is 77.9 cm³/mol. The number of halogens is 1. The standard InChI is InChI=1S/C14H18BrNO4/c1-17-4-5-18-6-7-19-8-9-20-14-10-13(15)3-2-12(14)11-16/h2-3,10H,4-9H2,1H3. The van der Waals surface area contributed by atoms with E-state index in [0.29, 0.717) is 51.0 Å². The van der Waals surface area contributed by atoms with Gasteiger partial charge in [-0.15, -0.1) is 0 Å². The highest BCUT2D eigenvalue weighted by Gasteiger charge is 2.03. The average molecular weight is 344 g/mol. The van der Waals surface area contributed by atoms with E-state index < -0.39 is 0 Å². The van der Waals surface area contributed by atoms with Gasteiger partial charge in [0.25, 0.3) is 0 Å². The van der Waals surface area contributed by atoms with Crippen molar-refractivity contribution >= 4 is 15.9 Å². The zero-order chi connectivity index (χ0) is 14.6. The van der Waals surface area contributed by atoms with Crippen LogP contribution in [0, 0.1) is 11.3 Å². The van der Waals surface area contributed by atoms with Crippen LogP contribution in [0.3, 0.4) is 0 Å². The third kappa shape index (κ3) is 6.87. The van der Waals surface area contributed by atoms with Crippen LogP contribution in [-0.2, 0) is 14.2 Å². The largest absolute Gasteiger partial charge is 0.490 e. The third-order valence-corrected chi connectivity index (χ3v) is 2.85. The molecular formula is C14H18BrNO4. The van der Waals surface area contributed by atoms with Crippen LogP contribution in [0.15, 0.2) is 22.7 Å². The predicted octanol–water partition coefficient (Wildman–Crippen LogP) is 2.38. The van der Waals surface area contributed by atoms with Gasteiger partial charge >= 0.3 is 0 Å². The number of hydrogen-bond acceptors (Lipinski definition) is 5. The van der Waals surface area contributed by atoms with E-state index in [1.165, 1.54) is 0 Å². The Morgan fingerprint density at radius 2 is 1.70 bits per heavy atom. The van der Waals surface area contributed by atoms with E-state index in [0.717, 1.165) is 4.47 Å². The van der Waals surface area contributed by atoms with Gasteiger partial charge < -0.3 is 18.9 Å². The van der Waals surface area contributed by atoms with Crippen molar-refractivity contribution in [2.75, 3.05) is 46.8 Å². The molecule has 0 radical (unpaired) electrons.